The zero-order valence-electron chi connectivity index (χ0n) is 9.73. The van der Waals surface area contributed by atoms with Crippen molar-refractivity contribution in [2.45, 2.75) is 6.61 Å². The van der Waals surface area contributed by atoms with Crippen LogP contribution in [0.2, 0.25) is 5.15 Å². The van der Waals surface area contributed by atoms with Crippen molar-refractivity contribution in [2.75, 3.05) is 0 Å². The van der Waals surface area contributed by atoms with Gasteiger partial charge in [-0.1, -0.05) is 29.8 Å². The maximum atomic E-state index is 6.03. The van der Waals surface area contributed by atoms with Crippen molar-refractivity contribution < 1.29 is 4.74 Å². The molecule has 0 atom stereocenters. The van der Waals surface area contributed by atoms with Gasteiger partial charge in [-0.05, 0) is 28.1 Å². The standard InChI is InChI=1S/C13H9BrClN3O/c14-11-10-9(6-19-8-4-2-1-3-5-8)16-7-17-13(10)18-12(11)15/h1-5,7H,6H2,(H,16,17,18). The number of hydrogen-bond donors (Lipinski definition) is 1. The van der Waals surface area contributed by atoms with Crippen molar-refractivity contribution in [1.82, 2.24) is 15.0 Å². The number of nitrogens with zero attached hydrogens (tertiary/aromatic N) is 2. The van der Waals surface area contributed by atoms with Crippen LogP contribution in [0.15, 0.2) is 41.1 Å². The maximum absolute atomic E-state index is 6.03. The molecule has 0 unspecified atom stereocenters. The van der Waals surface area contributed by atoms with Crippen LogP contribution >= 0.6 is 27.5 Å². The van der Waals surface area contributed by atoms with Crippen molar-refractivity contribution in [1.29, 1.82) is 0 Å². The molecule has 3 aromatic rings. The van der Waals surface area contributed by atoms with Gasteiger partial charge < -0.3 is 9.72 Å². The smallest absolute Gasteiger partial charge is 0.143 e. The zero-order chi connectivity index (χ0) is 13.2. The Morgan fingerprint density at radius 3 is 2.79 bits per heavy atom. The fraction of sp³-hybridized carbons (Fsp3) is 0.0769. The van der Waals surface area contributed by atoms with Crippen molar-refractivity contribution >= 4 is 38.6 Å². The third-order valence-electron chi connectivity index (χ3n) is 2.68. The topological polar surface area (TPSA) is 50.8 Å². The average molecular weight is 339 g/mol. The number of para-hydroxylation sites is 1. The van der Waals surface area contributed by atoms with E-state index < -0.39 is 0 Å². The summed E-state index contributed by atoms with van der Waals surface area (Å²) in [6.07, 6.45) is 1.49. The lowest BCUT2D eigenvalue weighted by Gasteiger charge is -2.06. The highest BCUT2D eigenvalue weighted by atomic mass is 79.9. The Morgan fingerprint density at radius 1 is 1.21 bits per heavy atom. The normalized spacial score (nSPS) is 10.8. The van der Waals surface area contributed by atoms with E-state index in [1.54, 1.807) is 0 Å². The van der Waals surface area contributed by atoms with E-state index >= 15 is 0 Å². The van der Waals surface area contributed by atoms with Crippen LogP contribution in [0.5, 0.6) is 5.75 Å². The highest BCUT2D eigenvalue weighted by molar-refractivity contribution is 9.10. The van der Waals surface area contributed by atoms with Gasteiger partial charge >= 0.3 is 0 Å². The molecule has 0 radical (unpaired) electrons. The first-order valence-electron chi connectivity index (χ1n) is 5.60. The Bertz CT molecular complexity index is 714. The SMILES string of the molecule is Clc1[nH]c2ncnc(COc3ccccc3)c2c1Br. The summed E-state index contributed by atoms with van der Waals surface area (Å²) in [5, 5.41) is 1.36. The molecule has 0 saturated heterocycles. The molecule has 0 fully saturated rings. The number of ether oxygens (including phenoxy) is 1. The highest BCUT2D eigenvalue weighted by Crippen LogP contribution is 2.32. The van der Waals surface area contributed by atoms with E-state index in [-0.39, 0.29) is 0 Å². The second kappa shape index (κ2) is 5.19. The predicted octanol–water partition coefficient (Wildman–Crippen LogP) is 3.95. The number of aromatic nitrogens is 3. The lowest BCUT2D eigenvalue weighted by molar-refractivity contribution is 0.303. The van der Waals surface area contributed by atoms with E-state index in [1.807, 2.05) is 30.3 Å². The van der Waals surface area contributed by atoms with Crippen LogP contribution in [0.3, 0.4) is 0 Å². The minimum absolute atomic E-state index is 0.357. The van der Waals surface area contributed by atoms with E-state index in [9.17, 15) is 0 Å². The van der Waals surface area contributed by atoms with Gasteiger partial charge in [-0.15, -0.1) is 0 Å². The Kier molecular flexibility index (Phi) is 3.40. The van der Waals surface area contributed by atoms with Crippen LogP contribution in [0, 0.1) is 0 Å². The largest absolute Gasteiger partial charge is 0.487 e. The lowest BCUT2D eigenvalue weighted by Crippen LogP contribution is -1.99. The molecule has 2 aromatic heterocycles. The van der Waals surface area contributed by atoms with Gasteiger partial charge in [0.1, 0.15) is 29.5 Å². The molecular formula is C13H9BrClN3O. The van der Waals surface area contributed by atoms with Crippen LogP contribution in [-0.2, 0) is 6.61 Å². The van der Waals surface area contributed by atoms with Gasteiger partial charge in [-0.25, -0.2) is 9.97 Å². The van der Waals surface area contributed by atoms with Crippen LogP contribution in [-0.4, -0.2) is 15.0 Å². The molecule has 3 rings (SSSR count). The Labute approximate surface area is 122 Å². The van der Waals surface area contributed by atoms with Crippen molar-refractivity contribution in [3.05, 3.63) is 52.0 Å². The van der Waals surface area contributed by atoms with Gasteiger partial charge in [0, 0.05) is 0 Å². The third kappa shape index (κ3) is 2.43. The summed E-state index contributed by atoms with van der Waals surface area (Å²) in [6, 6.07) is 9.59. The Hall–Kier alpha value is -1.59. The molecule has 19 heavy (non-hydrogen) atoms. The predicted molar refractivity (Wildman–Crippen MR) is 77.4 cm³/mol. The van der Waals surface area contributed by atoms with Gasteiger partial charge in [0.05, 0.1) is 15.6 Å². The molecule has 1 aromatic carbocycles. The summed E-state index contributed by atoms with van der Waals surface area (Å²) in [6.45, 7) is 0.357. The molecular weight excluding hydrogens is 330 g/mol. The van der Waals surface area contributed by atoms with Crippen LogP contribution in [0.1, 0.15) is 5.69 Å². The van der Waals surface area contributed by atoms with Gasteiger partial charge in [0.2, 0.25) is 0 Å². The molecule has 1 N–H and O–H groups in total. The quantitative estimate of drug-likeness (QED) is 0.786. The van der Waals surface area contributed by atoms with Crippen molar-refractivity contribution in [3.8, 4) is 5.75 Å². The molecule has 2 heterocycles. The second-order valence-corrected chi connectivity index (χ2v) is 5.07. The van der Waals surface area contributed by atoms with E-state index in [1.165, 1.54) is 6.33 Å². The zero-order valence-corrected chi connectivity index (χ0v) is 12.1. The molecule has 0 spiro atoms. The van der Waals surface area contributed by atoms with Gasteiger partial charge in [-0.2, -0.15) is 0 Å². The van der Waals surface area contributed by atoms with Crippen molar-refractivity contribution in [2.24, 2.45) is 0 Å². The van der Waals surface area contributed by atoms with Crippen LogP contribution < -0.4 is 4.74 Å². The van der Waals surface area contributed by atoms with Crippen LogP contribution in [0.4, 0.5) is 0 Å². The number of hydrogen-bond acceptors (Lipinski definition) is 3. The molecule has 0 aliphatic rings. The first kappa shape index (κ1) is 12.4. The molecule has 96 valence electrons. The third-order valence-corrected chi connectivity index (χ3v) is 3.99. The number of H-pyrrole nitrogens is 1. The number of rotatable bonds is 3. The van der Waals surface area contributed by atoms with Gasteiger partial charge in [0.25, 0.3) is 0 Å². The minimum Gasteiger partial charge on any atom is -0.487 e. The summed E-state index contributed by atoms with van der Waals surface area (Å²) in [5.74, 6) is 0.798. The number of benzene rings is 1. The minimum atomic E-state index is 0.357. The number of fused-ring (bicyclic) bond motifs is 1. The second-order valence-electron chi connectivity index (χ2n) is 3.90. The number of halogens is 2. The summed E-state index contributed by atoms with van der Waals surface area (Å²) in [4.78, 5) is 11.4. The molecule has 0 aliphatic heterocycles. The van der Waals surface area contributed by atoms with Crippen LogP contribution in [0.25, 0.3) is 11.0 Å². The Balaban J connectivity index is 1.93. The summed E-state index contributed by atoms with van der Waals surface area (Å²) >= 11 is 9.46. The fourth-order valence-electron chi connectivity index (χ4n) is 1.79. The Morgan fingerprint density at radius 2 is 2.00 bits per heavy atom. The average Bonchev–Trinajstić information content (AvgIpc) is 2.74. The van der Waals surface area contributed by atoms with Crippen molar-refractivity contribution in [3.63, 3.8) is 0 Å². The van der Waals surface area contributed by atoms with E-state index in [0.717, 1.165) is 21.3 Å². The fourth-order valence-corrected chi connectivity index (χ4v) is 2.49. The number of aromatic amines is 1. The summed E-state index contributed by atoms with van der Waals surface area (Å²) in [5.41, 5.74) is 1.47. The van der Waals surface area contributed by atoms with E-state index in [0.29, 0.717) is 17.4 Å². The molecule has 0 amide bonds. The van der Waals surface area contributed by atoms with E-state index in [4.69, 9.17) is 16.3 Å². The van der Waals surface area contributed by atoms with E-state index in [2.05, 4.69) is 30.9 Å². The molecule has 6 heteroatoms. The molecule has 4 nitrogen and oxygen atoms in total. The van der Waals surface area contributed by atoms with Gasteiger partial charge in [-0.3, -0.25) is 0 Å². The first-order chi connectivity index (χ1) is 9.25. The molecule has 0 bridgehead atoms. The number of nitrogens with one attached hydrogen (secondary N) is 1. The molecule has 0 aliphatic carbocycles. The lowest BCUT2D eigenvalue weighted by atomic mass is 10.3. The summed E-state index contributed by atoms with van der Waals surface area (Å²) in [7, 11) is 0. The summed E-state index contributed by atoms with van der Waals surface area (Å²) < 4.78 is 6.46. The monoisotopic (exact) mass is 337 g/mol. The maximum Gasteiger partial charge on any atom is 0.143 e. The first-order valence-corrected chi connectivity index (χ1v) is 6.77. The highest BCUT2D eigenvalue weighted by Gasteiger charge is 2.13. The van der Waals surface area contributed by atoms with Gasteiger partial charge in [0.15, 0.2) is 0 Å². The molecule has 0 saturated carbocycles.